The van der Waals surface area contributed by atoms with Crippen molar-refractivity contribution in [2.45, 2.75) is 13.8 Å². The summed E-state index contributed by atoms with van der Waals surface area (Å²) in [6, 6.07) is 0. The molecule has 0 saturated carbocycles. The minimum atomic E-state index is -0.141. The molecule has 0 aromatic carbocycles. The molecule has 0 bridgehead atoms. The fourth-order valence-corrected chi connectivity index (χ4v) is 3.20. The molecule has 0 fully saturated rings. The van der Waals surface area contributed by atoms with E-state index in [-0.39, 0.29) is 5.91 Å². The Morgan fingerprint density at radius 1 is 1.55 bits per heavy atom. The summed E-state index contributed by atoms with van der Waals surface area (Å²) in [6.07, 6.45) is 1.85. The highest BCUT2D eigenvalue weighted by Crippen LogP contribution is 2.27. The predicted molar refractivity (Wildman–Crippen MR) is 89.9 cm³/mol. The van der Waals surface area contributed by atoms with Crippen molar-refractivity contribution in [1.29, 1.82) is 0 Å². The van der Waals surface area contributed by atoms with Gasteiger partial charge in [0.1, 0.15) is 10.7 Å². The fraction of sp³-hybridized carbons (Fsp3) is 0.538. The number of anilines is 2. The van der Waals surface area contributed by atoms with E-state index in [9.17, 15) is 4.79 Å². The van der Waals surface area contributed by atoms with Crippen LogP contribution in [0.2, 0.25) is 0 Å². The maximum Gasteiger partial charge on any atom is 0.265 e. The summed E-state index contributed by atoms with van der Waals surface area (Å²) >= 11 is 3.08. The lowest BCUT2D eigenvalue weighted by Crippen LogP contribution is -2.25. The van der Waals surface area contributed by atoms with Crippen molar-refractivity contribution in [3.8, 4) is 0 Å². The van der Waals surface area contributed by atoms with Crippen LogP contribution in [0.3, 0.4) is 0 Å². The zero-order chi connectivity index (χ0) is 15.0. The molecule has 0 aliphatic carbocycles. The largest absolute Gasteiger partial charge is 0.382 e. The van der Waals surface area contributed by atoms with E-state index in [0.29, 0.717) is 17.2 Å². The Balaban J connectivity index is 2.57. The number of hydrogen-bond donors (Lipinski definition) is 2. The monoisotopic (exact) mass is 314 g/mol. The number of thiazole rings is 1. The van der Waals surface area contributed by atoms with Crippen LogP contribution in [0.5, 0.6) is 0 Å². The van der Waals surface area contributed by atoms with Gasteiger partial charge in [0.25, 0.3) is 5.91 Å². The van der Waals surface area contributed by atoms with Gasteiger partial charge in [0.2, 0.25) is 0 Å². The Morgan fingerprint density at radius 3 is 2.85 bits per heavy atom. The van der Waals surface area contributed by atoms with E-state index in [1.54, 1.807) is 11.8 Å². The maximum absolute atomic E-state index is 12.0. The molecule has 0 aliphatic heterocycles. The Morgan fingerprint density at radius 2 is 2.25 bits per heavy atom. The molecule has 0 saturated heterocycles. The van der Waals surface area contributed by atoms with Gasteiger partial charge in [-0.15, -0.1) is 6.58 Å². The van der Waals surface area contributed by atoms with Crippen molar-refractivity contribution in [3.05, 3.63) is 17.5 Å². The lowest BCUT2D eigenvalue weighted by Gasteiger charge is -2.16. The molecule has 0 atom stereocenters. The average molecular weight is 314 g/mol. The van der Waals surface area contributed by atoms with Gasteiger partial charge in [-0.1, -0.05) is 17.4 Å². The van der Waals surface area contributed by atoms with Crippen molar-refractivity contribution >= 4 is 40.0 Å². The molecule has 1 aromatic heterocycles. The van der Waals surface area contributed by atoms with E-state index in [1.165, 1.54) is 11.3 Å². The number of hydrogen-bond acceptors (Lipinski definition) is 6. The topological polar surface area (TPSA) is 71.2 Å². The van der Waals surface area contributed by atoms with Crippen LogP contribution in [-0.4, -0.2) is 42.0 Å². The van der Waals surface area contributed by atoms with Crippen LogP contribution in [0.15, 0.2) is 12.7 Å². The summed E-state index contributed by atoms with van der Waals surface area (Å²) in [6.45, 7) is 10.1. The van der Waals surface area contributed by atoms with E-state index < -0.39 is 0 Å². The van der Waals surface area contributed by atoms with E-state index >= 15 is 0 Å². The summed E-state index contributed by atoms with van der Waals surface area (Å²) in [5.41, 5.74) is 5.83. The van der Waals surface area contributed by atoms with Crippen molar-refractivity contribution in [2.24, 2.45) is 0 Å². The molecule has 1 heterocycles. The van der Waals surface area contributed by atoms with Crippen LogP contribution in [0.4, 0.5) is 10.9 Å². The average Bonchev–Trinajstić information content (AvgIpc) is 2.82. The number of rotatable bonds is 9. The van der Waals surface area contributed by atoms with Gasteiger partial charge in [-0.25, -0.2) is 4.98 Å². The number of nitrogens with one attached hydrogen (secondary N) is 1. The minimum Gasteiger partial charge on any atom is -0.382 e. The van der Waals surface area contributed by atoms with Gasteiger partial charge < -0.3 is 16.0 Å². The van der Waals surface area contributed by atoms with E-state index in [0.717, 1.165) is 29.7 Å². The second-order valence-corrected chi connectivity index (χ2v) is 6.13. The van der Waals surface area contributed by atoms with E-state index in [2.05, 4.69) is 35.6 Å². The summed E-state index contributed by atoms with van der Waals surface area (Å²) in [7, 11) is 0. The molecule has 1 rings (SSSR count). The quantitative estimate of drug-likeness (QED) is 0.540. The maximum atomic E-state index is 12.0. The number of amides is 1. The normalized spacial score (nSPS) is 10.3. The van der Waals surface area contributed by atoms with Crippen LogP contribution in [0.25, 0.3) is 0 Å². The van der Waals surface area contributed by atoms with E-state index in [1.807, 2.05) is 6.08 Å². The second kappa shape index (κ2) is 8.86. The fourth-order valence-electron chi connectivity index (χ4n) is 1.60. The molecule has 1 aromatic rings. The highest BCUT2D eigenvalue weighted by atomic mass is 32.2. The zero-order valence-electron chi connectivity index (χ0n) is 12.0. The van der Waals surface area contributed by atoms with Crippen molar-refractivity contribution < 1.29 is 4.79 Å². The molecule has 3 N–H and O–H groups in total. The van der Waals surface area contributed by atoms with E-state index in [4.69, 9.17) is 5.73 Å². The molecular formula is C13H22N4OS2. The molecule has 1 amide bonds. The highest BCUT2D eigenvalue weighted by Gasteiger charge is 2.18. The van der Waals surface area contributed by atoms with Crippen molar-refractivity contribution in [1.82, 2.24) is 10.3 Å². The Hall–Kier alpha value is -1.21. The first-order chi connectivity index (χ1) is 9.63. The third kappa shape index (κ3) is 4.72. The molecule has 20 heavy (non-hydrogen) atoms. The first kappa shape index (κ1) is 16.8. The summed E-state index contributed by atoms with van der Waals surface area (Å²) in [5.74, 6) is 1.93. The number of thioether (sulfide) groups is 1. The Bertz CT molecular complexity index is 444. The van der Waals surface area contributed by atoms with Crippen LogP contribution in [-0.2, 0) is 0 Å². The van der Waals surface area contributed by atoms with Gasteiger partial charge in [0, 0.05) is 31.1 Å². The van der Waals surface area contributed by atoms with Gasteiger partial charge in [0.15, 0.2) is 5.13 Å². The van der Waals surface area contributed by atoms with Crippen LogP contribution in [0, 0.1) is 0 Å². The summed E-state index contributed by atoms with van der Waals surface area (Å²) in [5, 5.41) is 3.67. The third-order valence-electron chi connectivity index (χ3n) is 2.65. The van der Waals surface area contributed by atoms with Crippen LogP contribution >= 0.6 is 23.1 Å². The van der Waals surface area contributed by atoms with Gasteiger partial charge in [0.05, 0.1) is 0 Å². The first-order valence-electron chi connectivity index (χ1n) is 6.62. The molecule has 5 nitrogen and oxygen atoms in total. The number of aromatic nitrogens is 1. The summed E-state index contributed by atoms with van der Waals surface area (Å²) < 4.78 is 0. The standard InChI is InChI=1S/C13H22N4OS2/c1-4-8-19-9-7-15-12(18)10-11(14)16-13(20-10)17(5-2)6-3/h4H,1,5-9,14H2,2-3H3,(H,15,18). The predicted octanol–water partition coefficient (Wildman–Crippen LogP) is 2.22. The smallest absolute Gasteiger partial charge is 0.265 e. The van der Waals surface area contributed by atoms with Gasteiger partial charge in [-0.2, -0.15) is 11.8 Å². The SMILES string of the molecule is C=CCSCCNC(=O)c1sc(N(CC)CC)nc1N. The molecule has 0 radical (unpaired) electrons. The zero-order valence-corrected chi connectivity index (χ0v) is 13.6. The van der Waals surface area contributed by atoms with Gasteiger partial charge in [-0.3, -0.25) is 4.79 Å². The molecule has 0 spiro atoms. The van der Waals surface area contributed by atoms with Crippen molar-refractivity contribution in [2.75, 3.05) is 41.8 Å². The number of carbonyl (C=O) groups excluding carboxylic acids is 1. The van der Waals surface area contributed by atoms with Crippen molar-refractivity contribution in [3.63, 3.8) is 0 Å². The number of nitrogen functional groups attached to an aromatic ring is 1. The Labute approximate surface area is 128 Å². The minimum absolute atomic E-state index is 0.141. The molecule has 112 valence electrons. The second-order valence-electron chi connectivity index (χ2n) is 4.00. The molecule has 7 heteroatoms. The lowest BCUT2D eigenvalue weighted by molar-refractivity contribution is 0.0961. The molecular weight excluding hydrogens is 292 g/mol. The number of nitrogens with zero attached hydrogens (tertiary/aromatic N) is 2. The number of nitrogens with two attached hydrogens (primary N) is 1. The van der Waals surface area contributed by atoms with Crippen LogP contribution in [0.1, 0.15) is 23.5 Å². The molecule has 0 unspecified atom stereocenters. The number of carbonyl (C=O) groups is 1. The van der Waals surface area contributed by atoms with Crippen LogP contribution < -0.4 is 16.0 Å². The summed E-state index contributed by atoms with van der Waals surface area (Å²) in [4.78, 5) is 18.9. The molecule has 0 aliphatic rings. The Kier molecular flexibility index (Phi) is 7.46. The van der Waals surface area contributed by atoms with Gasteiger partial charge in [-0.05, 0) is 13.8 Å². The third-order valence-corrected chi connectivity index (χ3v) is 4.74. The lowest BCUT2D eigenvalue weighted by atomic mass is 10.4. The highest BCUT2D eigenvalue weighted by molar-refractivity contribution is 7.99. The van der Waals surface area contributed by atoms with Gasteiger partial charge >= 0.3 is 0 Å². The first-order valence-corrected chi connectivity index (χ1v) is 8.59.